The average Bonchev–Trinajstić information content (AvgIpc) is 3.00. The van der Waals surface area contributed by atoms with Crippen LogP contribution in [0.4, 0.5) is 10.1 Å². The number of hydrogen-bond donors (Lipinski definition) is 1. The zero-order valence-electron chi connectivity index (χ0n) is 25.0. The molecule has 1 atom stereocenters. The molecule has 0 aliphatic heterocycles. The molecule has 43 heavy (non-hydrogen) atoms. The first kappa shape index (κ1) is 32.0. The van der Waals surface area contributed by atoms with Gasteiger partial charge in [0.2, 0.25) is 11.8 Å². The van der Waals surface area contributed by atoms with Gasteiger partial charge in [-0.1, -0.05) is 43.5 Å². The van der Waals surface area contributed by atoms with E-state index in [1.807, 2.05) is 38.1 Å². The van der Waals surface area contributed by atoms with Crippen molar-refractivity contribution in [2.24, 2.45) is 0 Å². The first-order chi connectivity index (χ1) is 20.6. The van der Waals surface area contributed by atoms with E-state index < -0.39 is 34.3 Å². The number of carbonyl (C=O) groups is 2. The lowest BCUT2D eigenvalue weighted by Gasteiger charge is -2.33. The first-order valence-corrected chi connectivity index (χ1v) is 16.2. The van der Waals surface area contributed by atoms with E-state index in [0.717, 1.165) is 59.7 Å². The van der Waals surface area contributed by atoms with Gasteiger partial charge in [-0.3, -0.25) is 13.9 Å². The quantitative estimate of drug-likeness (QED) is 0.289. The van der Waals surface area contributed by atoms with Crippen LogP contribution in [-0.4, -0.2) is 50.4 Å². The first-order valence-electron chi connectivity index (χ1n) is 14.8. The number of benzene rings is 3. The molecule has 1 aliphatic rings. The van der Waals surface area contributed by atoms with E-state index in [1.165, 1.54) is 29.2 Å². The number of rotatable bonds is 12. The fourth-order valence-corrected chi connectivity index (χ4v) is 6.67. The van der Waals surface area contributed by atoms with Crippen LogP contribution in [0.1, 0.15) is 57.1 Å². The van der Waals surface area contributed by atoms with E-state index in [0.29, 0.717) is 12.4 Å². The summed E-state index contributed by atoms with van der Waals surface area (Å²) in [6, 6.07) is 17.6. The van der Waals surface area contributed by atoms with Crippen molar-refractivity contribution in [3.8, 4) is 5.75 Å². The van der Waals surface area contributed by atoms with Gasteiger partial charge in [-0.15, -0.1) is 0 Å². The fraction of sp³-hybridized carbons (Fsp3) is 0.394. The average molecular weight is 610 g/mol. The summed E-state index contributed by atoms with van der Waals surface area (Å²) in [5.41, 5.74) is 1.91. The molecule has 3 aromatic rings. The minimum atomic E-state index is -4.27. The molecule has 2 amide bonds. The number of nitrogens with one attached hydrogen (secondary N) is 1. The van der Waals surface area contributed by atoms with Crippen LogP contribution in [-0.2, 0) is 26.2 Å². The van der Waals surface area contributed by atoms with Gasteiger partial charge in [0.05, 0.1) is 17.2 Å². The molecule has 10 heteroatoms. The van der Waals surface area contributed by atoms with Crippen molar-refractivity contribution in [1.29, 1.82) is 0 Å². The van der Waals surface area contributed by atoms with Gasteiger partial charge in [-0.05, 0) is 93.3 Å². The third kappa shape index (κ3) is 8.13. The van der Waals surface area contributed by atoms with Crippen LogP contribution in [0.5, 0.6) is 5.75 Å². The Morgan fingerprint density at radius 2 is 1.63 bits per heavy atom. The number of hydrogen-bond acceptors (Lipinski definition) is 5. The molecule has 1 saturated carbocycles. The molecule has 1 N–H and O–H groups in total. The van der Waals surface area contributed by atoms with E-state index in [2.05, 4.69) is 5.32 Å². The summed E-state index contributed by atoms with van der Waals surface area (Å²) in [7, 11) is -4.27. The molecule has 0 bridgehead atoms. The molecule has 0 aromatic heterocycles. The van der Waals surface area contributed by atoms with E-state index in [1.54, 1.807) is 19.1 Å². The Morgan fingerprint density at radius 3 is 2.26 bits per heavy atom. The molecule has 1 unspecified atom stereocenters. The van der Waals surface area contributed by atoms with Crippen LogP contribution in [0, 0.1) is 12.7 Å². The van der Waals surface area contributed by atoms with Gasteiger partial charge in [-0.25, -0.2) is 12.8 Å². The minimum absolute atomic E-state index is 0.0508. The lowest BCUT2D eigenvalue weighted by Crippen LogP contribution is -2.53. The maximum atomic E-state index is 14.1. The Hall–Kier alpha value is -3.92. The molecule has 0 saturated heterocycles. The second kappa shape index (κ2) is 14.5. The van der Waals surface area contributed by atoms with E-state index in [4.69, 9.17) is 4.74 Å². The minimum Gasteiger partial charge on any atom is -0.494 e. The molecule has 0 spiro atoms. The molecule has 0 heterocycles. The lowest BCUT2D eigenvalue weighted by molar-refractivity contribution is -0.139. The summed E-state index contributed by atoms with van der Waals surface area (Å²) in [4.78, 5) is 28.9. The molecule has 3 aromatic carbocycles. The third-order valence-electron chi connectivity index (χ3n) is 7.84. The number of halogens is 1. The number of nitrogens with zero attached hydrogens (tertiary/aromatic N) is 2. The van der Waals surface area contributed by atoms with Crippen molar-refractivity contribution < 1.29 is 27.1 Å². The summed E-state index contributed by atoms with van der Waals surface area (Å²) in [6.45, 7) is 5.36. The fourth-order valence-electron chi connectivity index (χ4n) is 5.26. The van der Waals surface area contributed by atoms with Crippen molar-refractivity contribution in [3.63, 3.8) is 0 Å². The Bertz CT molecular complexity index is 1490. The van der Waals surface area contributed by atoms with Gasteiger partial charge in [0, 0.05) is 12.6 Å². The Morgan fingerprint density at radius 1 is 0.977 bits per heavy atom. The molecular weight excluding hydrogens is 569 g/mol. The maximum Gasteiger partial charge on any atom is 0.264 e. The normalized spacial score (nSPS) is 14.5. The molecule has 230 valence electrons. The number of sulfonamides is 1. The third-order valence-corrected chi connectivity index (χ3v) is 9.63. The number of anilines is 1. The maximum absolute atomic E-state index is 14.1. The summed E-state index contributed by atoms with van der Waals surface area (Å²) < 4.78 is 48.2. The van der Waals surface area contributed by atoms with Crippen molar-refractivity contribution in [2.45, 2.75) is 76.4 Å². The van der Waals surface area contributed by atoms with Crippen LogP contribution in [0.25, 0.3) is 0 Å². The van der Waals surface area contributed by atoms with Gasteiger partial charge in [0.25, 0.3) is 10.0 Å². The smallest absolute Gasteiger partial charge is 0.264 e. The van der Waals surface area contributed by atoms with E-state index >= 15 is 0 Å². The monoisotopic (exact) mass is 609 g/mol. The lowest BCUT2D eigenvalue weighted by atomic mass is 9.95. The van der Waals surface area contributed by atoms with Crippen molar-refractivity contribution in [2.75, 3.05) is 17.5 Å². The van der Waals surface area contributed by atoms with Crippen LogP contribution in [0.2, 0.25) is 0 Å². The number of amides is 2. The van der Waals surface area contributed by atoms with Gasteiger partial charge in [0.1, 0.15) is 24.2 Å². The largest absolute Gasteiger partial charge is 0.494 e. The van der Waals surface area contributed by atoms with Gasteiger partial charge in [-0.2, -0.15) is 0 Å². The van der Waals surface area contributed by atoms with Crippen LogP contribution in [0.3, 0.4) is 0 Å². The topological polar surface area (TPSA) is 96.0 Å². The molecule has 4 rings (SSSR count). The zero-order chi connectivity index (χ0) is 31.0. The number of carbonyl (C=O) groups excluding carboxylic acids is 2. The summed E-state index contributed by atoms with van der Waals surface area (Å²) in [6.07, 6.45) is 5.01. The van der Waals surface area contributed by atoms with Gasteiger partial charge >= 0.3 is 0 Å². The molecule has 8 nitrogen and oxygen atoms in total. The van der Waals surface area contributed by atoms with E-state index in [9.17, 15) is 22.4 Å². The molecular formula is C33H40FN3O5S. The summed E-state index contributed by atoms with van der Waals surface area (Å²) >= 11 is 0. The summed E-state index contributed by atoms with van der Waals surface area (Å²) in [5.74, 6) is -0.874. The highest BCUT2D eigenvalue weighted by Crippen LogP contribution is 2.27. The highest BCUT2D eigenvalue weighted by molar-refractivity contribution is 7.92. The van der Waals surface area contributed by atoms with E-state index in [-0.39, 0.29) is 29.1 Å². The predicted molar refractivity (Wildman–Crippen MR) is 165 cm³/mol. The standard InChI is InChI=1S/C33H40FN3O5S/c1-4-42-30-18-20-31(21-19-30)43(40,41)37(29-16-14-27(34)15-17-29)23-32(38)36(22-26-11-9-8-10-24(26)2)25(3)33(39)35-28-12-6-5-7-13-28/h8-11,14-21,25,28H,4-7,12-13,22-23H2,1-3H3,(H,35,39). The Kier molecular flexibility index (Phi) is 10.8. The van der Waals surface area contributed by atoms with Crippen molar-refractivity contribution in [3.05, 3.63) is 89.7 Å². The number of ether oxygens (including phenoxy) is 1. The zero-order valence-corrected chi connectivity index (χ0v) is 25.8. The van der Waals surface area contributed by atoms with Crippen molar-refractivity contribution in [1.82, 2.24) is 10.2 Å². The molecule has 1 aliphatic carbocycles. The highest BCUT2D eigenvalue weighted by Gasteiger charge is 2.33. The van der Waals surface area contributed by atoms with Crippen LogP contribution in [0.15, 0.2) is 77.7 Å². The SMILES string of the molecule is CCOc1ccc(S(=O)(=O)N(CC(=O)N(Cc2ccccc2C)C(C)C(=O)NC2CCCCC2)c2ccc(F)cc2)cc1. The second-order valence-electron chi connectivity index (χ2n) is 10.9. The highest BCUT2D eigenvalue weighted by atomic mass is 32.2. The molecule has 1 fully saturated rings. The van der Waals surface area contributed by atoms with Crippen LogP contribution < -0.4 is 14.4 Å². The Labute approximate surface area is 253 Å². The Balaban J connectivity index is 1.67. The van der Waals surface area contributed by atoms with Crippen molar-refractivity contribution >= 4 is 27.5 Å². The van der Waals surface area contributed by atoms with Gasteiger partial charge < -0.3 is 15.0 Å². The second-order valence-corrected chi connectivity index (χ2v) is 12.7. The van der Waals surface area contributed by atoms with Gasteiger partial charge in [0.15, 0.2) is 0 Å². The van der Waals surface area contributed by atoms with Crippen LogP contribution >= 0.6 is 0 Å². The summed E-state index contributed by atoms with van der Waals surface area (Å²) in [5, 5.41) is 3.10. The number of aryl methyl sites for hydroxylation is 1. The predicted octanol–water partition coefficient (Wildman–Crippen LogP) is 5.59. The molecule has 0 radical (unpaired) electrons.